The van der Waals surface area contributed by atoms with E-state index in [2.05, 4.69) is 16.1 Å². The predicted octanol–water partition coefficient (Wildman–Crippen LogP) is 2.47. The first-order chi connectivity index (χ1) is 6.65. The number of aromatic amines is 1. The van der Waals surface area contributed by atoms with Crippen molar-refractivity contribution in [3.8, 4) is 12.3 Å². The van der Waals surface area contributed by atoms with E-state index < -0.39 is 0 Å². The van der Waals surface area contributed by atoms with Gasteiger partial charge in [0, 0.05) is 5.39 Å². The van der Waals surface area contributed by atoms with Gasteiger partial charge in [0.2, 0.25) is 0 Å². The van der Waals surface area contributed by atoms with Crippen LogP contribution in [0.3, 0.4) is 0 Å². The zero-order valence-corrected chi connectivity index (χ0v) is 8.33. The van der Waals surface area contributed by atoms with Gasteiger partial charge in [-0.2, -0.15) is 5.10 Å². The lowest BCUT2D eigenvalue weighted by molar-refractivity contribution is 0.672. The van der Waals surface area contributed by atoms with Crippen LogP contribution in [0.15, 0.2) is 24.3 Å². The summed E-state index contributed by atoms with van der Waals surface area (Å²) < 4.78 is 0. The van der Waals surface area contributed by atoms with E-state index in [9.17, 15) is 0 Å². The first kappa shape index (κ1) is 8.83. The maximum atomic E-state index is 5.49. The van der Waals surface area contributed by atoms with Crippen LogP contribution in [-0.2, 0) is 5.41 Å². The molecule has 1 N–H and O–H groups in total. The van der Waals surface area contributed by atoms with Crippen molar-refractivity contribution in [2.45, 2.75) is 19.3 Å². The minimum absolute atomic E-state index is 0.296. The molecular formula is C12H12N2. The summed E-state index contributed by atoms with van der Waals surface area (Å²) >= 11 is 0. The van der Waals surface area contributed by atoms with Crippen LogP contribution in [0.5, 0.6) is 0 Å². The maximum Gasteiger partial charge on any atom is 0.0924 e. The van der Waals surface area contributed by atoms with E-state index in [1.165, 1.54) is 0 Å². The highest BCUT2D eigenvalue weighted by atomic mass is 15.1. The van der Waals surface area contributed by atoms with Gasteiger partial charge in [-0.25, -0.2) is 0 Å². The van der Waals surface area contributed by atoms with Gasteiger partial charge in [0.1, 0.15) is 0 Å². The number of terminal acetylenes is 1. The molecule has 0 amide bonds. The Morgan fingerprint density at radius 3 is 2.79 bits per heavy atom. The summed E-state index contributed by atoms with van der Waals surface area (Å²) in [6.07, 6.45) is 5.49. The molecule has 70 valence electrons. The number of hydrogen-bond acceptors (Lipinski definition) is 1. The number of nitrogens with one attached hydrogen (secondary N) is 1. The number of benzene rings is 1. The van der Waals surface area contributed by atoms with Crippen molar-refractivity contribution in [3.63, 3.8) is 0 Å². The SMILES string of the molecule is C#CC(C)(C)c1[nH]nc2ccccc12. The van der Waals surface area contributed by atoms with Crippen LogP contribution in [0.25, 0.3) is 10.9 Å². The molecule has 1 aromatic carbocycles. The van der Waals surface area contributed by atoms with E-state index >= 15 is 0 Å². The fraction of sp³-hybridized carbons (Fsp3) is 0.250. The second-order valence-corrected chi connectivity index (χ2v) is 3.89. The Hall–Kier alpha value is -1.75. The third-order valence-corrected chi connectivity index (χ3v) is 2.45. The summed E-state index contributed by atoms with van der Waals surface area (Å²) in [7, 11) is 0. The molecule has 0 aliphatic heterocycles. The lowest BCUT2D eigenvalue weighted by atomic mass is 9.88. The van der Waals surface area contributed by atoms with Gasteiger partial charge in [-0.1, -0.05) is 24.1 Å². The normalized spacial score (nSPS) is 11.5. The molecular weight excluding hydrogens is 172 g/mol. The molecule has 0 radical (unpaired) electrons. The molecule has 0 aliphatic carbocycles. The Bertz CT molecular complexity index is 500. The third-order valence-electron chi connectivity index (χ3n) is 2.45. The van der Waals surface area contributed by atoms with Crippen LogP contribution >= 0.6 is 0 Å². The van der Waals surface area contributed by atoms with Gasteiger partial charge < -0.3 is 0 Å². The second-order valence-electron chi connectivity index (χ2n) is 3.89. The Kier molecular flexibility index (Phi) is 1.82. The number of hydrogen-bond donors (Lipinski definition) is 1. The summed E-state index contributed by atoms with van der Waals surface area (Å²) in [6, 6.07) is 7.97. The fourth-order valence-corrected chi connectivity index (χ4v) is 1.51. The van der Waals surface area contributed by atoms with Crippen LogP contribution in [0.4, 0.5) is 0 Å². The van der Waals surface area contributed by atoms with Crippen LogP contribution in [-0.4, -0.2) is 10.2 Å². The van der Waals surface area contributed by atoms with Crippen molar-refractivity contribution >= 4 is 10.9 Å². The van der Waals surface area contributed by atoms with Crippen molar-refractivity contribution in [2.75, 3.05) is 0 Å². The zero-order valence-electron chi connectivity index (χ0n) is 8.33. The lowest BCUT2D eigenvalue weighted by Crippen LogP contribution is -2.14. The Labute approximate surface area is 83.3 Å². The third kappa shape index (κ3) is 1.18. The van der Waals surface area contributed by atoms with Crippen molar-refractivity contribution < 1.29 is 0 Å². The molecule has 1 aromatic heterocycles. The van der Waals surface area contributed by atoms with Crippen molar-refractivity contribution in [3.05, 3.63) is 30.0 Å². The molecule has 0 unspecified atom stereocenters. The molecule has 2 heteroatoms. The first-order valence-corrected chi connectivity index (χ1v) is 4.56. The van der Waals surface area contributed by atoms with Crippen LogP contribution in [0, 0.1) is 12.3 Å². The highest BCUT2D eigenvalue weighted by Crippen LogP contribution is 2.27. The zero-order chi connectivity index (χ0) is 10.2. The van der Waals surface area contributed by atoms with E-state index in [4.69, 9.17) is 6.42 Å². The molecule has 0 bridgehead atoms. The summed E-state index contributed by atoms with van der Waals surface area (Å²) in [6.45, 7) is 4.01. The number of fused-ring (bicyclic) bond motifs is 1. The monoisotopic (exact) mass is 184 g/mol. The number of para-hydroxylation sites is 1. The van der Waals surface area contributed by atoms with E-state index in [0.29, 0.717) is 0 Å². The average Bonchev–Trinajstić information content (AvgIpc) is 2.61. The minimum Gasteiger partial charge on any atom is -0.280 e. The Morgan fingerprint density at radius 1 is 1.36 bits per heavy atom. The largest absolute Gasteiger partial charge is 0.280 e. The average molecular weight is 184 g/mol. The van der Waals surface area contributed by atoms with Gasteiger partial charge in [0.15, 0.2) is 0 Å². The predicted molar refractivity (Wildman–Crippen MR) is 58.0 cm³/mol. The first-order valence-electron chi connectivity index (χ1n) is 4.56. The molecule has 0 aliphatic rings. The highest BCUT2D eigenvalue weighted by Gasteiger charge is 2.21. The molecule has 0 saturated carbocycles. The van der Waals surface area contributed by atoms with Crippen LogP contribution in [0.2, 0.25) is 0 Å². The summed E-state index contributed by atoms with van der Waals surface area (Å²) in [5, 5.41) is 8.33. The van der Waals surface area contributed by atoms with Gasteiger partial charge in [0.05, 0.1) is 16.6 Å². The highest BCUT2D eigenvalue weighted by molar-refractivity contribution is 5.82. The fourth-order valence-electron chi connectivity index (χ4n) is 1.51. The number of nitrogens with zero attached hydrogens (tertiary/aromatic N) is 1. The molecule has 0 saturated heterocycles. The number of aromatic nitrogens is 2. The molecule has 1 heterocycles. The molecule has 0 spiro atoms. The van der Waals surface area contributed by atoms with E-state index in [-0.39, 0.29) is 5.41 Å². The van der Waals surface area contributed by atoms with Gasteiger partial charge >= 0.3 is 0 Å². The Balaban J connectivity index is 2.72. The lowest BCUT2D eigenvalue weighted by Gasteiger charge is -2.15. The van der Waals surface area contributed by atoms with Gasteiger partial charge in [0.25, 0.3) is 0 Å². The summed E-state index contributed by atoms with van der Waals surface area (Å²) in [4.78, 5) is 0. The molecule has 2 rings (SSSR count). The quantitative estimate of drug-likeness (QED) is 0.678. The maximum absolute atomic E-state index is 5.49. The number of H-pyrrole nitrogens is 1. The smallest absolute Gasteiger partial charge is 0.0924 e. The van der Waals surface area contributed by atoms with E-state index in [1.807, 2.05) is 38.1 Å². The van der Waals surface area contributed by atoms with Gasteiger partial charge in [-0.15, -0.1) is 6.42 Å². The van der Waals surface area contributed by atoms with Crippen molar-refractivity contribution in [1.82, 2.24) is 10.2 Å². The van der Waals surface area contributed by atoms with Crippen molar-refractivity contribution in [2.24, 2.45) is 0 Å². The summed E-state index contributed by atoms with van der Waals surface area (Å²) in [5.74, 6) is 2.76. The van der Waals surface area contributed by atoms with Crippen molar-refractivity contribution in [1.29, 1.82) is 0 Å². The minimum atomic E-state index is -0.296. The van der Waals surface area contributed by atoms with Gasteiger partial charge in [-0.3, -0.25) is 5.10 Å². The van der Waals surface area contributed by atoms with Crippen LogP contribution in [0.1, 0.15) is 19.5 Å². The summed E-state index contributed by atoms with van der Waals surface area (Å²) in [5.41, 5.74) is 1.68. The van der Waals surface area contributed by atoms with E-state index in [1.54, 1.807) is 0 Å². The second kappa shape index (κ2) is 2.88. The molecule has 0 atom stereocenters. The Morgan fingerprint density at radius 2 is 2.07 bits per heavy atom. The van der Waals surface area contributed by atoms with Gasteiger partial charge in [-0.05, 0) is 19.9 Å². The van der Waals surface area contributed by atoms with Crippen LogP contribution < -0.4 is 0 Å². The van der Waals surface area contributed by atoms with E-state index in [0.717, 1.165) is 16.6 Å². The molecule has 0 fully saturated rings. The topological polar surface area (TPSA) is 28.7 Å². The molecule has 2 nitrogen and oxygen atoms in total. The molecule has 14 heavy (non-hydrogen) atoms. The molecule has 2 aromatic rings. The number of rotatable bonds is 1. The standard InChI is InChI=1S/C12H12N2/c1-4-12(2,3)11-9-7-5-6-8-10(9)13-14-11/h1,5-8H,2-3H3,(H,13,14).